The van der Waals surface area contributed by atoms with Crippen LogP contribution in [0.4, 0.5) is 4.79 Å². The molecule has 3 N–H and O–H groups in total. The van der Waals surface area contributed by atoms with E-state index in [2.05, 4.69) is 15.6 Å². The van der Waals surface area contributed by atoms with Gasteiger partial charge in [0.1, 0.15) is 0 Å². The fourth-order valence-electron chi connectivity index (χ4n) is 2.12. The Kier molecular flexibility index (Phi) is 5.86. The van der Waals surface area contributed by atoms with Crippen molar-refractivity contribution in [3.05, 3.63) is 29.6 Å². The third-order valence-electron chi connectivity index (χ3n) is 3.26. The highest BCUT2D eigenvalue weighted by Crippen LogP contribution is 2.24. The van der Waals surface area contributed by atoms with Crippen molar-refractivity contribution in [2.45, 2.75) is 31.1 Å². The van der Waals surface area contributed by atoms with E-state index in [1.165, 1.54) is 36.9 Å². The molecule has 7 heteroatoms. The van der Waals surface area contributed by atoms with E-state index in [0.717, 1.165) is 6.42 Å². The second-order valence-corrected chi connectivity index (χ2v) is 6.30. The first-order valence-electron chi connectivity index (χ1n) is 6.96. The summed E-state index contributed by atoms with van der Waals surface area (Å²) in [5, 5.41) is 14.9. The largest absolute Gasteiger partial charge is 0.478 e. The van der Waals surface area contributed by atoms with Gasteiger partial charge in [-0.05, 0) is 30.7 Å². The first kappa shape index (κ1) is 15.6. The van der Waals surface area contributed by atoms with Crippen LogP contribution in [-0.4, -0.2) is 39.6 Å². The molecule has 2 rings (SSSR count). The Labute approximate surface area is 127 Å². The second kappa shape index (κ2) is 7.87. The van der Waals surface area contributed by atoms with Gasteiger partial charge in [-0.1, -0.05) is 6.42 Å². The minimum atomic E-state index is -1.00. The number of aromatic carboxylic acids is 1. The van der Waals surface area contributed by atoms with Crippen LogP contribution in [0.15, 0.2) is 18.3 Å². The van der Waals surface area contributed by atoms with Crippen LogP contribution in [0.2, 0.25) is 0 Å². The Hall–Kier alpha value is -1.76. The number of urea groups is 1. The average Bonchev–Trinajstić information content (AvgIpc) is 2.52. The summed E-state index contributed by atoms with van der Waals surface area (Å²) in [5.74, 6) is 0.164. The van der Waals surface area contributed by atoms with E-state index < -0.39 is 5.97 Å². The lowest BCUT2D eigenvalue weighted by Crippen LogP contribution is -2.39. The van der Waals surface area contributed by atoms with Crippen molar-refractivity contribution in [3.63, 3.8) is 0 Å². The normalized spacial score (nSPS) is 18.0. The highest BCUT2D eigenvalue weighted by Gasteiger charge is 2.14. The summed E-state index contributed by atoms with van der Waals surface area (Å²) in [5.41, 5.74) is 0.693. The van der Waals surface area contributed by atoms with E-state index in [1.54, 1.807) is 0 Å². The molecule has 1 unspecified atom stereocenters. The van der Waals surface area contributed by atoms with Crippen LogP contribution < -0.4 is 10.6 Å². The maximum absolute atomic E-state index is 11.7. The van der Waals surface area contributed by atoms with Gasteiger partial charge >= 0.3 is 12.0 Å². The number of carbonyl (C=O) groups excluding carboxylic acids is 1. The number of nitrogens with one attached hydrogen (secondary N) is 2. The Balaban J connectivity index is 1.73. The quantitative estimate of drug-likeness (QED) is 0.772. The zero-order valence-corrected chi connectivity index (χ0v) is 12.5. The van der Waals surface area contributed by atoms with Gasteiger partial charge in [-0.3, -0.25) is 4.98 Å². The number of hydrogen-bond acceptors (Lipinski definition) is 4. The molecule has 2 heterocycles. The van der Waals surface area contributed by atoms with Crippen LogP contribution in [0.25, 0.3) is 0 Å². The summed E-state index contributed by atoms with van der Waals surface area (Å²) in [6.45, 7) is 0.879. The Morgan fingerprint density at radius 2 is 2.24 bits per heavy atom. The second-order valence-electron chi connectivity index (χ2n) is 4.89. The highest BCUT2D eigenvalue weighted by atomic mass is 32.2. The molecule has 0 aliphatic carbocycles. The van der Waals surface area contributed by atoms with Crippen molar-refractivity contribution in [3.8, 4) is 0 Å². The molecule has 0 radical (unpaired) electrons. The number of carbonyl (C=O) groups is 2. The van der Waals surface area contributed by atoms with Gasteiger partial charge in [0, 0.05) is 18.0 Å². The molecule has 1 saturated heterocycles. The van der Waals surface area contributed by atoms with E-state index in [-0.39, 0.29) is 18.1 Å². The fourth-order valence-corrected chi connectivity index (χ4v) is 3.35. The fraction of sp³-hybridized carbons (Fsp3) is 0.500. The molecule has 1 aliphatic rings. The van der Waals surface area contributed by atoms with E-state index >= 15 is 0 Å². The SMILES string of the molecule is O=C(NCc1cc(C(=O)O)ccn1)NCC1CCCCS1. The molecule has 2 amide bonds. The highest BCUT2D eigenvalue weighted by molar-refractivity contribution is 7.99. The van der Waals surface area contributed by atoms with Gasteiger partial charge in [0.15, 0.2) is 0 Å². The monoisotopic (exact) mass is 309 g/mol. The van der Waals surface area contributed by atoms with Crippen LogP contribution in [0.5, 0.6) is 0 Å². The summed E-state index contributed by atoms with van der Waals surface area (Å²) in [4.78, 5) is 26.6. The number of nitrogens with zero attached hydrogens (tertiary/aromatic N) is 1. The van der Waals surface area contributed by atoms with Crippen molar-refractivity contribution in [1.82, 2.24) is 15.6 Å². The lowest BCUT2D eigenvalue weighted by Gasteiger charge is -2.21. The topological polar surface area (TPSA) is 91.3 Å². The molecule has 1 aromatic rings. The average molecular weight is 309 g/mol. The van der Waals surface area contributed by atoms with E-state index in [1.807, 2.05) is 11.8 Å². The minimum Gasteiger partial charge on any atom is -0.478 e. The summed E-state index contributed by atoms with van der Waals surface area (Å²) >= 11 is 1.90. The summed E-state index contributed by atoms with van der Waals surface area (Å²) < 4.78 is 0. The molecular weight excluding hydrogens is 290 g/mol. The first-order valence-corrected chi connectivity index (χ1v) is 8.01. The molecule has 6 nitrogen and oxygen atoms in total. The van der Waals surface area contributed by atoms with Gasteiger partial charge in [0.05, 0.1) is 17.8 Å². The predicted octanol–water partition coefficient (Wildman–Crippen LogP) is 1.86. The molecule has 0 saturated carbocycles. The van der Waals surface area contributed by atoms with Gasteiger partial charge in [0.25, 0.3) is 0 Å². The van der Waals surface area contributed by atoms with Crippen LogP contribution in [0, 0.1) is 0 Å². The zero-order chi connectivity index (χ0) is 15.1. The van der Waals surface area contributed by atoms with Crippen LogP contribution >= 0.6 is 11.8 Å². The molecule has 1 fully saturated rings. The molecule has 0 aromatic carbocycles. The number of thioether (sulfide) groups is 1. The third-order valence-corrected chi connectivity index (χ3v) is 4.66. The van der Waals surface area contributed by atoms with Crippen molar-refractivity contribution in [2.75, 3.05) is 12.3 Å². The maximum Gasteiger partial charge on any atom is 0.335 e. The standard InChI is InChI=1S/C14H19N3O3S/c18-13(19)10-4-5-15-11(7-10)8-16-14(20)17-9-12-3-1-2-6-21-12/h4-5,7,12H,1-3,6,8-9H2,(H,18,19)(H2,16,17,20). The van der Waals surface area contributed by atoms with Gasteiger partial charge < -0.3 is 15.7 Å². The number of carboxylic acid groups (broad SMARTS) is 1. The van der Waals surface area contributed by atoms with Gasteiger partial charge in [-0.15, -0.1) is 0 Å². The maximum atomic E-state index is 11.7. The predicted molar refractivity (Wildman–Crippen MR) is 81.5 cm³/mol. The Morgan fingerprint density at radius 3 is 2.95 bits per heavy atom. The lowest BCUT2D eigenvalue weighted by molar-refractivity contribution is 0.0696. The van der Waals surface area contributed by atoms with Gasteiger partial charge in [0.2, 0.25) is 0 Å². The summed E-state index contributed by atoms with van der Waals surface area (Å²) in [7, 11) is 0. The van der Waals surface area contributed by atoms with E-state index in [0.29, 0.717) is 17.5 Å². The Morgan fingerprint density at radius 1 is 1.38 bits per heavy atom. The van der Waals surface area contributed by atoms with Crippen LogP contribution in [0.1, 0.15) is 35.3 Å². The molecule has 1 aliphatic heterocycles. The smallest absolute Gasteiger partial charge is 0.335 e. The molecule has 1 aromatic heterocycles. The zero-order valence-electron chi connectivity index (χ0n) is 11.7. The first-order chi connectivity index (χ1) is 10.1. The van der Waals surface area contributed by atoms with Crippen LogP contribution in [-0.2, 0) is 6.54 Å². The van der Waals surface area contributed by atoms with Gasteiger partial charge in [-0.2, -0.15) is 11.8 Å². The van der Waals surface area contributed by atoms with Crippen molar-refractivity contribution in [1.29, 1.82) is 0 Å². The minimum absolute atomic E-state index is 0.167. The Bertz CT molecular complexity index is 504. The summed E-state index contributed by atoms with van der Waals surface area (Å²) in [6.07, 6.45) is 5.07. The van der Waals surface area contributed by atoms with Crippen molar-refractivity contribution in [2.24, 2.45) is 0 Å². The van der Waals surface area contributed by atoms with E-state index in [4.69, 9.17) is 5.11 Å². The van der Waals surface area contributed by atoms with Crippen LogP contribution in [0.3, 0.4) is 0 Å². The number of aromatic nitrogens is 1. The summed E-state index contributed by atoms with van der Waals surface area (Å²) in [6, 6.07) is 2.63. The van der Waals surface area contributed by atoms with Crippen molar-refractivity contribution >= 4 is 23.8 Å². The van der Waals surface area contributed by atoms with Gasteiger partial charge in [-0.25, -0.2) is 9.59 Å². The number of pyridine rings is 1. The molecule has 21 heavy (non-hydrogen) atoms. The third kappa shape index (κ3) is 5.26. The number of hydrogen-bond donors (Lipinski definition) is 3. The number of amides is 2. The number of rotatable bonds is 5. The van der Waals surface area contributed by atoms with Crippen molar-refractivity contribution < 1.29 is 14.7 Å². The molecule has 114 valence electrons. The molecule has 0 spiro atoms. The van der Waals surface area contributed by atoms with E-state index in [9.17, 15) is 9.59 Å². The molecular formula is C14H19N3O3S. The molecule has 1 atom stereocenters. The lowest BCUT2D eigenvalue weighted by atomic mass is 10.2. The number of carboxylic acids is 1. The molecule has 0 bridgehead atoms.